The molecule has 0 radical (unpaired) electrons. The van der Waals surface area contributed by atoms with E-state index >= 15 is 0 Å². The van der Waals surface area contributed by atoms with Crippen LogP contribution >= 0.6 is 0 Å². The van der Waals surface area contributed by atoms with Crippen LogP contribution in [-0.4, -0.2) is 26.3 Å². The highest BCUT2D eigenvalue weighted by molar-refractivity contribution is 5.41. The Bertz CT molecular complexity index is 370. The Kier molecular flexibility index (Phi) is 3.57. The standard InChI is InChI=1S/C14H21NO2/c1-9-5-14(10(2)15-9)11-6-12(16-3)8-13(7-11)17-4/h6-10,14-15H,5H2,1-4H3. The fraction of sp³-hybridized carbons (Fsp3) is 0.571. The van der Waals surface area contributed by atoms with E-state index in [1.807, 2.05) is 6.07 Å². The zero-order valence-electron chi connectivity index (χ0n) is 11.0. The summed E-state index contributed by atoms with van der Waals surface area (Å²) in [5.41, 5.74) is 1.30. The number of ether oxygens (including phenoxy) is 2. The molecule has 1 N–H and O–H groups in total. The second-order valence-electron chi connectivity index (χ2n) is 4.84. The summed E-state index contributed by atoms with van der Waals surface area (Å²) in [6.07, 6.45) is 1.16. The summed E-state index contributed by atoms with van der Waals surface area (Å²) in [6, 6.07) is 7.22. The van der Waals surface area contributed by atoms with Gasteiger partial charge in [-0.15, -0.1) is 0 Å². The van der Waals surface area contributed by atoms with Gasteiger partial charge in [0, 0.05) is 24.1 Å². The molecule has 94 valence electrons. The average Bonchev–Trinajstić information content (AvgIpc) is 2.67. The van der Waals surface area contributed by atoms with Gasteiger partial charge in [0.25, 0.3) is 0 Å². The van der Waals surface area contributed by atoms with E-state index in [-0.39, 0.29) is 0 Å². The molecule has 1 saturated heterocycles. The van der Waals surface area contributed by atoms with E-state index in [1.165, 1.54) is 5.56 Å². The summed E-state index contributed by atoms with van der Waals surface area (Å²) in [4.78, 5) is 0. The Morgan fingerprint density at radius 3 is 2.06 bits per heavy atom. The quantitative estimate of drug-likeness (QED) is 0.873. The zero-order valence-corrected chi connectivity index (χ0v) is 11.0. The van der Waals surface area contributed by atoms with Crippen molar-refractivity contribution in [3.8, 4) is 11.5 Å². The molecule has 0 aliphatic carbocycles. The van der Waals surface area contributed by atoms with Gasteiger partial charge in [0.15, 0.2) is 0 Å². The van der Waals surface area contributed by atoms with Crippen LogP contribution in [-0.2, 0) is 0 Å². The second-order valence-corrected chi connectivity index (χ2v) is 4.84. The first-order valence-corrected chi connectivity index (χ1v) is 6.13. The highest BCUT2D eigenvalue weighted by Gasteiger charge is 2.29. The summed E-state index contributed by atoms with van der Waals surface area (Å²) >= 11 is 0. The fourth-order valence-corrected chi connectivity index (χ4v) is 2.69. The molecule has 17 heavy (non-hydrogen) atoms. The molecule has 3 heteroatoms. The van der Waals surface area contributed by atoms with Crippen molar-refractivity contribution in [2.45, 2.75) is 38.3 Å². The minimum Gasteiger partial charge on any atom is -0.497 e. The molecule has 3 unspecified atom stereocenters. The van der Waals surface area contributed by atoms with Gasteiger partial charge in [-0.3, -0.25) is 0 Å². The van der Waals surface area contributed by atoms with Crippen molar-refractivity contribution in [1.29, 1.82) is 0 Å². The highest BCUT2D eigenvalue weighted by atomic mass is 16.5. The molecule has 0 aromatic heterocycles. The van der Waals surface area contributed by atoms with Crippen molar-refractivity contribution < 1.29 is 9.47 Å². The molecule has 1 aliphatic rings. The van der Waals surface area contributed by atoms with E-state index in [0.717, 1.165) is 17.9 Å². The average molecular weight is 235 g/mol. The van der Waals surface area contributed by atoms with Gasteiger partial charge in [0.05, 0.1) is 14.2 Å². The summed E-state index contributed by atoms with van der Waals surface area (Å²) in [5, 5.41) is 3.56. The van der Waals surface area contributed by atoms with E-state index in [2.05, 4.69) is 31.3 Å². The van der Waals surface area contributed by atoms with Gasteiger partial charge in [0.2, 0.25) is 0 Å². The molecule has 1 aliphatic heterocycles. The SMILES string of the molecule is COc1cc(OC)cc(C2CC(C)NC2C)c1. The second kappa shape index (κ2) is 4.96. The predicted molar refractivity (Wildman–Crippen MR) is 69.0 cm³/mol. The van der Waals surface area contributed by atoms with Crippen LogP contribution in [0.2, 0.25) is 0 Å². The molecule has 0 bridgehead atoms. The van der Waals surface area contributed by atoms with E-state index in [1.54, 1.807) is 14.2 Å². The maximum Gasteiger partial charge on any atom is 0.122 e. The van der Waals surface area contributed by atoms with E-state index in [0.29, 0.717) is 18.0 Å². The molecule has 0 saturated carbocycles. The smallest absolute Gasteiger partial charge is 0.122 e. The molecule has 0 amide bonds. The lowest BCUT2D eigenvalue weighted by Gasteiger charge is -2.17. The Morgan fingerprint density at radius 2 is 1.65 bits per heavy atom. The Labute approximate surface area is 103 Å². The third-order valence-electron chi connectivity index (χ3n) is 3.56. The van der Waals surface area contributed by atoms with Crippen molar-refractivity contribution in [3.05, 3.63) is 23.8 Å². The first-order chi connectivity index (χ1) is 8.13. The lowest BCUT2D eigenvalue weighted by Crippen LogP contribution is -2.26. The molecule has 1 fully saturated rings. The van der Waals surface area contributed by atoms with Crippen molar-refractivity contribution in [2.24, 2.45) is 0 Å². The Morgan fingerprint density at radius 1 is 1.06 bits per heavy atom. The van der Waals surface area contributed by atoms with Gasteiger partial charge in [0.1, 0.15) is 11.5 Å². The number of benzene rings is 1. The fourth-order valence-electron chi connectivity index (χ4n) is 2.69. The number of nitrogens with one attached hydrogen (secondary N) is 1. The first kappa shape index (κ1) is 12.2. The monoisotopic (exact) mass is 235 g/mol. The Hall–Kier alpha value is -1.22. The highest BCUT2D eigenvalue weighted by Crippen LogP contribution is 2.35. The van der Waals surface area contributed by atoms with Crippen LogP contribution in [0.5, 0.6) is 11.5 Å². The topological polar surface area (TPSA) is 30.5 Å². The molecule has 1 aromatic carbocycles. The van der Waals surface area contributed by atoms with E-state index < -0.39 is 0 Å². The molecule has 3 nitrogen and oxygen atoms in total. The maximum atomic E-state index is 5.32. The van der Waals surface area contributed by atoms with Gasteiger partial charge in [-0.1, -0.05) is 0 Å². The largest absolute Gasteiger partial charge is 0.497 e. The summed E-state index contributed by atoms with van der Waals surface area (Å²) in [6.45, 7) is 4.47. The molecule has 0 spiro atoms. The van der Waals surface area contributed by atoms with Gasteiger partial charge in [-0.2, -0.15) is 0 Å². The van der Waals surface area contributed by atoms with Gasteiger partial charge in [-0.25, -0.2) is 0 Å². The maximum absolute atomic E-state index is 5.32. The molecule has 1 aromatic rings. The van der Waals surface area contributed by atoms with Crippen LogP contribution in [0, 0.1) is 0 Å². The third-order valence-corrected chi connectivity index (χ3v) is 3.56. The number of methoxy groups -OCH3 is 2. The first-order valence-electron chi connectivity index (χ1n) is 6.13. The van der Waals surface area contributed by atoms with Crippen LogP contribution in [0.3, 0.4) is 0 Å². The zero-order chi connectivity index (χ0) is 12.4. The molecular weight excluding hydrogens is 214 g/mol. The van der Waals surface area contributed by atoms with Gasteiger partial charge >= 0.3 is 0 Å². The molecule has 3 atom stereocenters. The summed E-state index contributed by atoms with van der Waals surface area (Å²) < 4.78 is 10.6. The summed E-state index contributed by atoms with van der Waals surface area (Å²) in [5.74, 6) is 2.27. The Balaban J connectivity index is 2.31. The number of rotatable bonds is 3. The normalized spacial score (nSPS) is 28.1. The molecule has 2 rings (SSSR count). The van der Waals surface area contributed by atoms with Crippen LogP contribution < -0.4 is 14.8 Å². The van der Waals surface area contributed by atoms with Gasteiger partial charge < -0.3 is 14.8 Å². The minimum atomic E-state index is 0.502. The predicted octanol–water partition coefficient (Wildman–Crippen LogP) is 2.56. The van der Waals surface area contributed by atoms with Crippen molar-refractivity contribution in [1.82, 2.24) is 5.32 Å². The minimum absolute atomic E-state index is 0.502. The lowest BCUT2D eigenvalue weighted by atomic mass is 9.91. The number of hydrogen-bond acceptors (Lipinski definition) is 3. The summed E-state index contributed by atoms with van der Waals surface area (Å²) in [7, 11) is 3.38. The lowest BCUT2D eigenvalue weighted by molar-refractivity contribution is 0.392. The molecule has 1 heterocycles. The van der Waals surface area contributed by atoms with Crippen molar-refractivity contribution >= 4 is 0 Å². The van der Waals surface area contributed by atoms with Crippen LogP contribution in [0.4, 0.5) is 0 Å². The van der Waals surface area contributed by atoms with E-state index in [4.69, 9.17) is 9.47 Å². The van der Waals surface area contributed by atoms with Crippen LogP contribution in [0.25, 0.3) is 0 Å². The van der Waals surface area contributed by atoms with Crippen molar-refractivity contribution in [3.63, 3.8) is 0 Å². The van der Waals surface area contributed by atoms with Gasteiger partial charge in [-0.05, 0) is 38.0 Å². The van der Waals surface area contributed by atoms with Crippen LogP contribution in [0.15, 0.2) is 18.2 Å². The third kappa shape index (κ3) is 2.55. The van der Waals surface area contributed by atoms with Crippen molar-refractivity contribution in [2.75, 3.05) is 14.2 Å². The van der Waals surface area contributed by atoms with Crippen LogP contribution in [0.1, 0.15) is 31.7 Å². The molecular formula is C14H21NO2. The van der Waals surface area contributed by atoms with E-state index in [9.17, 15) is 0 Å². The number of hydrogen-bond donors (Lipinski definition) is 1.